The largest absolute Gasteiger partial charge is 0.392 e. The number of aliphatic hydroxyl groups is 1. The Hall–Kier alpha value is -1.16. The molecular formula is C12H21N3O. The summed E-state index contributed by atoms with van der Waals surface area (Å²) in [5.41, 5.74) is 0.754. The highest BCUT2D eigenvalue weighted by Crippen LogP contribution is 2.22. The van der Waals surface area contributed by atoms with Crippen LogP contribution < -0.4 is 4.90 Å². The fourth-order valence-corrected chi connectivity index (χ4v) is 1.22. The van der Waals surface area contributed by atoms with Gasteiger partial charge in [-0.1, -0.05) is 20.8 Å². The van der Waals surface area contributed by atoms with Crippen molar-refractivity contribution in [3.8, 4) is 0 Å². The molecule has 1 unspecified atom stereocenters. The lowest BCUT2D eigenvalue weighted by Crippen LogP contribution is -2.28. The zero-order valence-electron chi connectivity index (χ0n) is 10.7. The summed E-state index contributed by atoms with van der Waals surface area (Å²) in [5.74, 6) is 0.679. The molecule has 0 spiro atoms. The molecule has 1 rings (SSSR count). The molecule has 16 heavy (non-hydrogen) atoms. The lowest BCUT2D eigenvalue weighted by molar-refractivity contribution is 0.0628. The van der Waals surface area contributed by atoms with Gasteiger partial charge < -0.3 is 10.0 Å². The van der Waals surface area contributed by atoms with Crippen molar-refractivity contribution < 1.29 is 5.11 Å². The Balaban J connectivity index is 2.78. The molecule has 1 N–H and O–H groups in total. The van der Waals surface area contributed by atoms with E-state index in [1.807, 2.05) is 45.8 Å². The molecule has 0 bridgehead atoms. The molecule has 90 valence electrons. The van der Waals surface area contributed by atoms with Gasteiger partial charge in [-0.3, -0.25) is 0 Å². The van der Waals surface area contributed by atoms with E-state index in [9.17, 15) is 5.11 Å². The van der Waals surface area contributed by atoms with Crippen molar-refractivity contribution in [3.63, 3.8) is 0 Å². The van der Waals surface area contributed by atoms with E-state index in [0.29, 0.717) is 12.4 Å². The van der Waals surface area contributed by atoms with E-state index in [-0.39, 0.29) is 5.41 Å². The van der Waals surface area contributed by atoms with Gasteiger partial charge in [-0.05, 0) is 11.5 Å². The first-order valence-electron chi connectivity index (χ1n) is 5.48. The van der Waals surface area contributed by atoms with Gasteiger partial charge in [0.05, 0.1) is 6.10 Å². The van der Waals surface area contributed by atoms with Crippen molar-refractivity contribution in [3.05, 3.63) is 18.0 Å². The smallest absolute Gasteiger partial charge is 0.224 e. The van der Waals surface area contributed by atoms with Crippen molar-refractivity contribution in [1.29, 1.82) is 0 Å². The molecule has 1 aromatic rings. The normalized spacial score (nSPS) is 13.6. The summed E-state index contributed by atoms with van der Waals surface area (Å²) in [6.45, 7) is 6.06. The van der Waals surface area contributed by atoms with E-state index < -0.39 is 6.10 Å². The number of hydrogen-bond donors (Lipinski definition) is 1. The molecule has 0 saturated heterocycles. The maximum absolute atomic E-state index is 9.99. The van der Waals surface area contributed by atoms with E-state index in [4.69, 9.17) is 0 Å². The van der Waals surface area contributed by atoms with Crippen LogP contribution in [0.15, 0.2) is 12.3 Å². The number of rotatable bonds is 3. The van der Waals surface area contributed by atoms with Crippen LogP contribution in [0.5, 0.6) is 0 Å². The van der Waals surface area contributed by atoms with Crippen LogP contribution in [0, 0.1) is 5.41 Å². The van der Waals surface area contributed by atoms with Gasteiger partial charge in [0, 0.05) is 32.4 Å². The average molecular weight is 223 g/mol. The van der Waals surface area contributed by atoms with Crippen molar-refractivity contribution in [2.24, 2.45) is 5.41 Å². The van der Waals surface area contributed by atoms with Crippen LogP contribution in [0.2, 0.25) is 0 Å². The summed E-state index contributed by atoms with van der Waals surface area (Å²) in [7, 11) is 3.80. The molecule has 0 saturated carbocycles. The van der Waals surface area contributed by atoms with Crippen LogP contribution in [0.25, 0.3) is 0 Å². The number of anilines is 1. The van der Waals surface area contributed by atoms with Gasteiger partial charge in [-0.25, -0.2) is 9.97 Å². The third-order valence-corrected chi connectivity index (χ3v) is 2.50. The lowest BCUT2D eigenvalue weighted by atomic mass is 9.86. The summed E-state index contributed by atoms with van der Waals surface area (Å²) in [5, 5.41) is 9.99. The predicted molar refractivity (Wildman–Crippen MR) is 65.5 cm³/mol. The lowest BCUT2D eigenvalue weighted by Gasteiger charge is -2.25. The molecule has 1 atom stereocenters. The molecule has 0 radical (unpaired) electrons. The standard InChI is InChI=1S/C12H21N3O/c1-12(2,3)10(16)8-9-6-7-13-11(14-9)15(4)5/h6-7,10,16H,8H2,1-5H3. The topological polar surface area (TPSA) is 49.2 Å². The molecule has 0 aliphatic heterocycles. The Morgan fingerprint density at radius 3 is 2.50 bits per heavy atom. The monoisotopic (exact) mass is 223 g/mol. The second kappa shape index (κ2) is 4.78. The Morgan fingerprint density at radius 1 is 1.38 bits per heavy atom. The van der Waals surface area contributed by atoms with Gasteiger partial charge in [0.2, 0.25) is 5.95 Å². The van der Waals surface area contributed by atoms with Crippen molar-refractivity contribution in [1.82, 2.24) is 9.97 Å². The van der Waals surface area contributed by atoms with Crippen LogP contribution in [0.3, 0.4) is 0 Å². The van der Waals surface area contributed by atoms with Crippen LogP contribution in [-0.4, -0.2) is 35.3 Å². The maximum atomic E-state index is 9.99. The molecule has 0 fully saturated rings. The number of aliphatic hydroxyl groups excluding tert-OH is 1. The minimum absolute atomic E-state index is 0.122. The second-order valence-corrected chi connectivity index (χ2v) is 5.33. The van der Waals surface area contributed by atoms with Gasteiger partial charge in [-0.15, -0.1) is 0 Å². The summed E-state index contributed by atoms with van der Waals surface area (Å²) in [4.78, 5) is 10.4. The SMILES string of the molecule is CN(C)c1nccc(CC(O)C(C)(C)C)n1. The van der Waals surface area contributed by atoms with Gasteiger partial charge in [0.1, 0.15) is 0 Å². The Labute approximate surface area is 97.3 Å². The van der Waals surface area contributed by atoms with Crippen LogP contribution in [-0.2, 0) is 6.42 Å². The molecule has 1 heterocycles. The summed E-state index contributed by atoms with van der Waals surface area (Å²) >= 11 is 0. The predicted octanol–water partition coefficient (Wildman–Crippen LogP) is 1.49. The highest BCUT2D eigenvalue weighted by atomic mass is 16.3. The van der Waals surface area contributed by atoms with E-state index in [2.05, 4.69) is 9.97 Å². The van der Waals surface area contributed by atoms with Gasteiger partial charge in [0.15, 0.2) is 0 Å². The van der Waals surface area contributed by atoms with E-state index in [1.54, 1.807) is 6.20 Å². The van der Waals surface area contributed by atoms with Gasteiger partial charge in [-0.2, -0.15) is 0 Å². The van der Waals surface area contributed by atoms with Crippen molar-refractivity contribution >= 4 is 5.95 Å². The minimum Gasteiger partial charge on any atom is -0.392 e. The van der Waals surface area contributed by atoms with Crippen LogP contribution >= 0.6 is 0 Å². The van der Waals surface area contributed by atoms with E-state index in [0.717, 1.165) is 5.69 Å². The quantitative estimate of drug-likeness (QED) is 0.843. The zero-order chi connectivity index (χ0) is 12.3. The number of hydrogen-bond acceptors (Lipinski definition) is 4. The summed E-state index contributed by atoms with van der Waals surface area (Å²) in [6.07, 6.45) is 1.90. The summed E-state index contributed by atoms with van der Waals surface area (Å²) < 4.78 is 0. The first-order valence-corrected chi connectivity index (χ1v) is 5.48. The third kappa shape index (κ3) is 3.45. The van der Waals surface area contributed by atoms with Crippen LogP contribution in [0.4, 0.5) is 5.95 Å². The fourth-order valence-electron chi connectivity index (χ4n) is 1.22. The maximum Gasteiger partial charge on any atom is 0.224 e. The van der Waals surface area contributed by atoms with E-state index >= 15 is 0 Å². The average Bonchev–Trinajstić information content (AvgIpc) is 2.16. The third-order valence-electron chi connectivity index (χ3n) is 2.50. The first-order chi connectivity index (χ1) is 7.30. The molecule has 1 aromatic heterocycles. The molecule has 4 nitrogen and oxygen atoms in total. The first kappa shape index (κ1) is 12.9. The van der Waals surface area contributed by atoms with Crippen LogP contribution in [0.1, 0.15) is 26.5 Å². The Bertz CT molecular complexity index is 344. The molecule has 0 aliphatic carbocycles. The number of nitrogens with zero attached hydrogens (tertiary/aromatic N) is 3. The minimum atomic E-state index is -0.391. The number of aromatic nitrogens is 2. The van der Waals surface area contributed by atoms with Crippen molar-refractivity contribution in [2.75, 3.05) is 19.0 Å². The van der Waals surface area contributed by atoms with Crippen molar-refractivity contribution in [2.45, 2.75) is 33.3 Å². The second-order valence-electron chi connectivity index (χ2n) is 5.33. The molecular weight excluding hydrogens is 202 g/mol. The zero-order valence-corrected chi connectivity index (χ0v) is 10.7. The molecule has 0 aliphatic rings. The molecule has 0 amide bonds. The van der Waals surface area contributed by atoms with E-state index in [1.165, 1.54) is 0 Å². The highest BCUT2D eigenvalue weighted by molar-refractivity contribution is 5.27. The fraction of sp³-hybridized carbons (Fsp3) is 0.667. The summed E-state index contributed by atoms with van der Waals surface area (Å²) in [6, 6.07) is 1.85. The Morgan fingerprint density at radius 2 is 2.00 bits per heavy atom. The van der Waals surface area contributed by atoms with Gasteiger partial charge in [0.25, 0.3) is 0 Å². The highest BCUT2D eigenvalue weighted by Gasteiger charge is 2.22. The molecule has 0 aromatic carbocycles. The Kier molecular flexibility index (Phi) is 3.86. The van der Waals surface area contributed by atoms with Gasteiger partial charge >= 0.3 is 0 Å². The molecule has 4 heteroatoms.